The zero-order valence-corrected chi connectivity index (χ0v) is 12.2. The molecule has 0 spiro atoms. The van der Waals surface area contributed by atoms with Crippen LogP contribution < -0.4 is 4.74 Å². The Morgan fingerprint density at radius 2 is 1.62 bits per heavy atom. The second-order valence-corrected chi connectivity index (χ2v) is 5.80. The Balaban J connectivity index is 1.60. The number of hydrogen-bond acceptors (Lipinski definition) is 1. The van der Waals surface area contributed by atoms with Gasteiger partial charge in [-0.15, -0.1) is 0 Å². The molecular weight excluding hydrogens is 263 g/mol. The quantitative estimate of drug-likeness (QED) is 0.725. The highest BCUT2D eigenvalue weighted by molar-refractivity contribution is 5.27. The van der Waals surface area contributed by atoms with E-state index in [0.29, 0.717) is 12.4 Å². The summed E-state index contributed by atoms with van der Waals surface area (Å²) in [5, 5.41) is 0. The van der Waals surface area contributed by atoms with Gasteiger partial charge in [-0.3, -0.25) is 0 Å². The monoisotopic (exact) mass is 284 g/mol. The minimum atomic E-state index is -0.309. The Kier molecular flexibility index (Phi) is 4.54. The Bertz CT molecular complexity index is 570. The maximum atomic E-state index is 13.5. The zero-order valence-electron chi connectivity index (χ0n) is 12.2. The van der Waals surface area contributed by atoms with Crippen LogP contribution in [0.5, 0.6) is 5.75 Å². The minimum absolute atomic E-state index is 0.309. The summed E-state index contributed by atoms with van der Waals surface area (Å²) in [6.07, 6.45) is 6.70. The fraction of sp³-hybridized carbons (Fsp3) is 0.368. The fourth-order valence-corrected chi connectivity index (χ4v) is 3.04. The van der Waals surface area contributed by atoms with Crippen molar-refractivity contribution in [1.82, 2.24) is 0 Å². The predicted octanol–water partition coefficient (Wildman–Crippen LogP) is 5.45. The van der Waals surface area contributed by atoms with Crippen LogP contribution in [0.15, 0.2) is 48.5 Å². The van der Waals surface area contributed by atoms with Crippen molar-refractivity contribution >= 4 is 0 Å². The first kappa shape index (κ1) is 14.1. The second kappa shape index (κ2) is 6.75. The van der Waals surface area contributed by atoms with Crippen LogP contribution in [0, 0.1) is 5.82 Å². The molecule has 0 amide bonds. The Morgan fingerprint density at radius 3 is 2.33 bits per heavy atom. The summed E-state index contributed by atoms with van der Waals surface area (Å²) in [5.41, 5.74) is 2.52. The topological polar surface area (TPSA) is 9.23 Å². The van der Waals surface area contributed by atoms with Crippen LogP contribution in [0.25, 0.3) is 0 Å². The van der Waals surface area contributed by atoms with Crippen LogP contribution in [0.1, 0.15) is 49.1 Å². The summed E-state index contributed by atoms with van der Waals surface area (Å²) in [6.45, 7) is 0.409. The van der Waals surface area contributed by atoms with Crippen LogP contribution in [0.2, 0.25) is 0 Å². The van der Waals surface area contributed by atoms with Gasteiger partial charge in [-0.2, -0.15) is 0 Å². The number of ether oxygens (including phenoxy) is 1. The Labute approximate surface area is 125 Å². The van der Waals surface area contributed by atoms with Gasteiger partial charge in [-0.1, -0.05) is 55.7 Å². The van der Waals surface area contributed by atoms with Crippen LogP contribution in [-0.2, 0) is 6.61 Å². The van der Waals surface area contributed by atoms with Gasteiger partial charge in [0.1, 0.15) is 6.61 Å². The van der Waals surface area contributed by atoms with Crippen molar-refractivity contribution in [2.45, 2.75) is 44.6 Å². The minimum Gasteiger partial charge on any atom is -0.486 e. The Morgan fingerprint density at radius 1 is 0.905 bits per heavy atom. The molecular formula is C19H21FO. The third kappa shape index (κ3) is 3.63. The molecule has 1 aliphatic carbocycles. The number of hydrogen-bond donors (Lipinski definition) is 0. The van der Waals surface area contributed by atoms with E-state index in [1.54, 1.807) is 18.2 Å². The van der Waals surface area contributed by atoms with Gasteiger partial charge in [0.15, 0.2) is 11.6 Å². The SMILES string of the molecule is Fc1ccccc1OCc1ccc(C2CCCCC2)cc1. The van der Waals surface area contributed by atoms with Crippen LogP contribution in [0.3, 0.4) is 0 Å². The van der Waals surface area contributed by atoms with Crippen LogP contribution in [0.4, 0.5) is 4.39 Å². The maximum absolute atomic E-state index is 13.5. The zero-order chi connectivity index (χ0) is 14.5. The van der Waals surface area contributed by atoms with Gasteiger partial charge >= 0.3 is 0 Å². The van der Waals surface area contributed by atoms with E-state index in [-0.39, 0.29) is 5.82 Å². The lowest BCUT2D eigenvalue weighted by Crippen LogP contribution is -2.04. The van der Waals surface area contributed by atoms with E-state index >= 15 is 0 Å². The first-order valence-electron chi connectivity index (χ1n) is 7.79. The van der Waals surface area contributed by atoms with Gasteiger partial charge in [0.25, 0.3) is 0 Å². The molecule has 3 rings (SSSR count). The van der Waals surface area contributed by atoms with E-state index in [4.69, 9.17) is 4.74 Å². The first-order valence-corrected chi connectivity index (χ1v) is 7.79. The summed E-state index contributed by atoms with van der Waals surface area (Å²) < 4.78 is 19.0. The van der Waals surface area contributed by atoms with Crippen molar-refractivity contribution < 1.29 is 9.13 Å². The molecule has 0 saturated heterocycles. The fourth-order valence-electron chi connectivity index (χ4n) is 3.04. The number of benzene rings is 2. The highest BCUT2D eigenvalue weighted by atomic mass is 19.1. The normalized spacial score (nSPS) is 15.9. The molecule has 0 radical (unpaired) electrons. The molecule has 1 nitrogen and oxygen atoms in total. The first-order chi connectivity index (χ1) is 10.3. The van der Waals surface area contributed by atoms with E-state index in [9.17, 15) is 4.39 Å². The third-order valence-corrected chi connectivity index (χ3v) is 4.29. The molecule has 0 N–H and O–H groups in total. The van der Waals surface area contributed by atoms with Crippen molar-refractivity contribution in [1.29, 1.82) is 0 Å². The van der Waals surface area contributed by atoms with Crippen LogP contribution in [-0.4, -0.2) is 0 Å². The number of halogens is 1. The molecule has 2 heteroatoms. The predicted molar refractivity (Wildman–Crippen MR) is 83.0 cm³/mol. The summed E-state index contributed by atoms with van der Waals surface area (Å²) in [6, 6.07) is 15.1. The molecule has 0 aliphatic heterocycles. The third-order valence-electron chi connectivity index (χ3n) is 4.29. The standard InChI is InChI=1S/C19H21FO/c20-18-8-4-5-9-19(18)21-14-15-10-12-17(13-11-15)16-6-2-1-3-7-16/h4-5,8-13,16H,1-3,6-7,14H2. The molecule has 1 aliphatic rings. The van der Waals surface area contributed by atoms with E-state index in [2.05, 4.69) is 24.3 Å². The molecule has 1 saturated carbocycles. The summed E-state index contributed by atoms with van der Waals surface area (Å²) >= 11 is 0. The van der Waals surface area contributed by atoms with Crippen molar-refractivity contribution in [3.05, 3.63) is 65.5 Å². The van der Waals surface area contributed by atoms with Crippen molar-refractivity contribution in [2.24, 2.45) is 0 Å². The summed E-state index contributed by atoms with van der Waals surface area (Å²) in [7, 11) is 0. The molecule has 1 fully saturated rings. The average molecular weight is 284 g/mol. The van der Waals surface area contributed by atoms with Gasteiger partial charge < -0.3 is 4.74 Å². The molecule has 21 heavy (non-hydrogen) atoms. The van der Waals surface area contributed by atoms with Gasteiger partial charge in [0.2, 0.25) is 0 Å². The molecule has 0 heterocycles. The van der Waals surface area contributed by atoms with Crippen molar-refractivity contribution in [3.8, 4) is 5.75 Å². The molecule has 0 atom stereocenters. The van der Waals surface area contributed by atoms with Crippen molar-refractivity contribution in [2.75, 3.05) is 0 Å². The van der Waals surface area contributed by atoms with E-state index in [1.165, 1.54) is 43.7 Å². The summed E-state index contributed by atoms with van der Waals surface area (Å²) in [4.78, 5) is 0. The van der Waals surface area contributed by atoms with Gasteiger partial charge in [-0.25, -0.2) is 4.39 Å². The molecule has 2 aromatic rings. The van der Waals surface area contributed by atoms with Gasteiger partial charge in [0, 0.05) is 0 Å². The lowest BCUT2D eigenvalue weighted by atomic mass is 9.84. The lowest BCUT2D eigenvalue weighted by molar-refractivity contribution is 0.290. The molecule has 0 unspecified atom stereocenters. The van der Waals surface area contributed by atoms with Crippen LogP contribution >= 0.6 is 0 Å². The van der Waals surface area contributed by atoms with E-state index < -0.39 is 0 Å². The van der Waals surface area contributed by atoms with Crippen molar-refractivity contribution in [3.63, 3.8) is 0 Å². The lowest BCUT2D eigenvalue weighted by Gasteiger charge is -2.22. The largest absolute Gasteiger partial charge is 0.486 e. The van der Waals surface area contributed by atoms with Gasteiger partial charge in [0.05, 0.1) is 0 Å². The number of para-hydroxylation sites is 1. The highest BCUT2D eigenvalue weighted by Crippen LogP contribution is 2.32. The van der Waals surface area contributed by atoms with E-state index in [1.807, 2.05) is 0 Å². The molecule has 110 valence electrons. The van der Waals surface area contributed by atoms with Gasteiger partial charge in [-0.05, 0) is 42.0 Å². The Hall–Kier alpha value is -1.83. The molecule has 2 aromatic carbocycles. The molecule has 0 bridgehead atoms. The average Bonchev–Trinajstić information content (AvgIpc) is 2.55. The second-order valence-electron chi connectivity index (χ2n) is 5.80. The van der Waals surface area contributed by atoms with E-state index in [0.717, 1.165) is 11.5 Å². The number of rotatable bonds is 4. The maximum Gasteiger partial charge on any atom is 0.165 e. The molecule has 0 aromatic heterocycles. The summed E-state index contributed by atoms with van der Waals surface area (Å²) in [5.74, 6) is 0.727. The highest BCUT2D eigenvalue weighted by Gasteiger charge is 2.15. The smallest absolute Gasteiger partial charge is 0.165 e.